The molecule has 1 aromatic heterocycles. The Balaban J connectivity index is 2.27. The molecule has 1 atom stereocenters. The smallest absolute Gasteiger partial charge is 0.124 e. The molecule has 12 heavy (non-hydrogen) atoms. The Bertz CT molecular complexity index is 206. The second-order valence-corrected chi connectivity index (χ2v) is 3.40. The Morgan fingerprint density at radius 2 is 2.25 bits per heavy atom. The van der Waals surface area contributed by atoms with Gasteiger partial charge in [0.1, 0.15) is 6.26 Å². The molecule has 0 bridgehead atoms. The second kappa shape index (κ2) is 4.26. The zero-order chi connectivity index (χ0) is 8.97. The van der Waals surface area contributed by atoms with Crippen molar-refractivity contribution < 1.29 is 4.52 Å². The van der Waals surface area contributed by atoms with Crippen molar-refractivity contribution in [3.63, 3.8) is 0 Å². The average molecular weight is 168 g/mol. The van der Waals surface area contributed by atoms with Gasteiger partial charge in [0, 0.05) is 18.7 Å². The highest BCUT2D eigenvalue weighted by atomic mass is 16.5. The van der Waals surface area contributed by atoms with Crippen LogP contribution in [0.25, 0.3) is 0 Å². The van der Waals surface area contributed by atoms with E-state index in [1.165, 1.54) is 0 Å². The molecule has 3 nitrogen and oxygen atoms in total. The molecular formula is C9H16N2O. The quantitative estimate of drug-likeness (QED) is 0.745. The molecular weight excluding hydrogens is 152 g/mol. The van der Waals surface area contributed by atoms with Gasteiger partial charge in [0.25, 0.3) is 0 Å². The maximum atomic E-state index is 4.72. The zero-order valence-corrected chi connectivity index (χ0v) is 7.87. The highest BCUT2D eigenvalue weighted by molar-refractivity contribution is 4.94. The minimum Gasteiger partial charge on any atom is -0.364 e. The number of nitrogens with one attached hydrogen (secondary N) is 1. The third-order valence-electron chi connectivity index (χ3n) is 2.10. The molecule has 1 heterocycles. The van der Waals surface area contributed by atoms with Crippen molar-refractivity contribution in [1.29, 1.82) is 0 Å². The van der Waals surface area contributed by atoms with Crippen LogP contribution in [0.1, 0.15) is 26.5 Å². The highest BCUT2D eigenvalue weighted by Crippen LogP contribution is 2.01. The normalized spacial score (nSPS) is 13.7. The van der Waals surface area contributed by atoms with Crippen LogP contribution in [-0.4, -0.2) is 11.2 Å². The molecule has 1 N–H and O–H groups in total. The van der Waals surface area contributed by atoms with E-state index in [4.69, 9.17) is 4.52 Å². The molecule has 0 saturated carbocycles. The SMILES string of the molecule is CC(C)C(C)NCc1ccon1. The van der Waals surface area contributed by atoms with E-state index in [-0.39, 0.29) is 0 Å². The van der Waals surface area contributed by atoms with E-state index in [9.17, 15) is 0 Å². The molecule has 1 rings (SSSR count). The summed E-state index contributed by atoms with van der Waals surface area (Å²) in [6.07, 6.45) is 1.59. The molecule has 68 valence electrons. The van der Waals surface area contributed by atoms with E-state index in [1.807, 2.05) is 6.07 Å². The fourth-order valence-electron chi connectivity index (χ4n) is 0.830. The standard InChI is InChI=1S/C9H16N2O/c1-7(2)8(3)10-6-9-4-5-12-11-9/h4-5,7-8,10H,6H2,1-3H3. The Hall–Kier alpha value is -0.830. The predicted molar refractivity (Wildman–Crippen MR) is 47.6 cm³/mol. The van der Waals surface area contributed by atoms with Gasteiger partial charge in [-0.05, 0) is 12.8 Å². The fourth-order valence-corrected chi connectivity index (χ4v) is 0.830. The topological polar surface area (TPSA) is 38.1 Å². The molecule has 0 aliphatic carbocycles. The van der Waals surface area contributed by atoms with E-state index >= 15 is 0 Å². The summed E-state index contributed by atoms with van der Waals surface area (Å²) >= 11 is 0. The van der Waals surface area contributed by atoms with Crippen LogP contribution in [0, 0.1) is 5.92 Å². The van der Waals surface area contributed by atoms with Crippen molar-refractivity contribution in [2.24, 2.45) is 5.92 Å². The lowest BCUT2D eigenvalue weighted by Crippen LogP contribution is -2.30. The first-order valence-corrected chi connectivity index (χ1v) is 4.33. The van der Waals surface area contributed by atoms with Gasteiger partial charge in [-0.2, -0.15) is 0 Å². The van der Waals surface area contributed by atoms with Crippen LogP contribution in [0.3, 0.4) is 0 Å². The van der Waals surface area contributed by atoms with E-state index in [1.54, 1.807) is 6.26 Å². The number of hydrogen-bond acceptors (Lipinski definition) is 3. The van der Waals surface area contributed by atoms with Crippen LogP contribution in [0.2, 0.25) is 0 Å². The maximum Gasteiger partial charge on any atom is 0.124 e. The fraction of sp³-hybridized carbons (Fsp3) is 0.667. The van der Waals surface area contributed by atoms with Crippen LogP contribution < -0.4 is 5.32 Å². The van der Waals surface area contributed by atoms with Crippen LogP contribution >= 0.6 is 0 Å². The largest absolute Gasteiger partial charge is 0.364 e. The zero-order valence-electron chi connectivity index (χ0n) is 7.87. The molecule has 3 heteroatoms. The van der Waals surface area contributed by atoms with Crippen molar-refractivity contribution in [3.8, 4) is 0 Å². The van der Waals surface area contributed by atoms with Gasteiger partial charge in [0.2, 0.25) is 0 Å². The summed E-state index contributed by atoms with van der Waals surface area (Å²) in [7, 11) is 0. The third-order valence-corrected chi connectivity index (χ3v) is 2.10. The molecule has 1 unspecified atom stereocenters. The summed E-state index contributed by atoms with van der Waals surface area (Å²) in [6.45, 7) is 7.35. The first kappa shape index (κ1) is 9.26. The van der Waals surface area contributed by atoms with Crippen LogP contribution in [0.4, 0.5) is 0 Å². The first-order chi connectivity index (χ1) is 5.70. The second-order valence-electron chi connectivity index (χ2n) is 3.40. The summed E-state index contributed by atoms with van der Waals surface area (Å²) in [4.78, 5) is 0. The van der Waals surface area contributed by atoms with Crippen molar-refractivity contribution >= 4 is 0 Å². The monoisotopic (exact) mass is 168 g/mol. The summed E-state index contributed by atoms with van der Waals surface area (Å²) in [6, 6.07) is 2.39. The molecule has 0 spiro atoms. The van der Waals surface area contributed by atoms with Gasteiger partial charge in [0.15, 0.2) is 0 Å². The molecule has 0 radical (unpaired) electrons. The molecule has 0 aromatic carbocycles. The highest BCUT2D eigenvalue weighted by Gasteiger charge is 2.06. The molecule has 0 amide bonds. The van der Waals surface area contributed by atoms with Gasteiger partial charge in [-0.1, -0.05) is 19.0 Å². The molecule has 1 aromatic rings. The number of hydrogen-bond donors (Lipinski definition) is 1. The van der Waals surface area contributed by atoms with Gasteiger partial charge < -0.3 is 9.84 Å². The molecule has 0 aliphatic rings. The Morgan fingerprint density at radius 3 is 2.75 bits per heavy atom. The van der Waals surface area contributed by atoms with Crippen molar-refractivity contribution in [1.82, 2.24) is 10.5 Å². The van der Waals surface area contributed by atoms with Gasteiger partial charge >= 0.3 is 0 Å². The van der Waals surface area contributed by atoms with Crippen molar-refractivity contribution in [2.75, 3.05) is 0 Å². The Morgan fingerprint density at radius 1 is 1.50 bits per heavy atom. The lowest BCUT2D eigenvalue weighted by atomic mass is 10.1. The summed E-state index contributed by atoms with van der Waals surface area (Å²) in [5, 5.41) is 7.17. The number of rotatable bonds is 4. The summed E-state index contributed by atoms with van der Waals surface area (Å²) in [5.41, 5.74) is 0.961. The summed E-state index contributed by atoms with van der Waals surface area (Å²) < 4.78 is 4.72. The van der Waals surface area contributed by atoms with Crippen molar-refractivity contribution in [2.45, 2.75) is 33.4 Å². The number of nitrogens with zero attached hydrogens (tertiary/aromatic N) is 1. The lowest BCUT2D eigenvalue weighted by Gasteiger charge is -2.15. The maximum absolute atomic E-state index is 4.72. The predicted octanol–water partition coefficient (Wildman–Crippen LogP) is 1.81. The third kappa shape index (κ3) is 2.66. The van der Waals surface area contributed by atoms with E-state index in [0.29, 0.717) is 12.0 Å². The van der Waals surface area contributed by atoms with E-state index < -0.39 is 0 Å². The molecule has 0 aliphatic heterocycles. The Labute approximate surface area is 73.1 Å². The minimum absolute atomic E-state index is 0.515. The molecule has 0 saturated heterocycles. The van der Waals surface area contributed by atoms with Gasteiger partial charge in [-0.3, -0.25) is 0 Å². The van der Waals surface area contributed by atoms with Crippen LogP contribution in [0.5, 0.6) is 0 Å². The van der Waals surface area contributed by atoms with Gasteiger partial charge in [-0.15, -0.1) is 0 Å². The lowest BCUT2D eigenvalue weighted by molar-refractivity contribution is 0.391. The minimum atomic E-state index is 0.515. The number of aromatic nitrogens is 1. The van der Waals surface area contributed by atoms with Crippen molar-refractivity contribution in [3.05, 3.63) is 18.0 Å². The van der Waals surface area contributed by atoms with Crippen LogP contribution in [-0.2, 0) is 6.54 Å². The van der Waals surface area contributed by atoms with Gasteiger partial charge in [0.05, 0.1) is 5.69 Å². The Kier molecular flexibility index (Phi) is 3.29. The van der Waals surface area contributed by atoms with Gasteiger partial charge in [-0.25, -0.2) is 0 Å². The average Bonchev–Trinajstić information content (AvgIpc) is 2.51. The van der Waals surface area contributed by atoms with E-state index in [0.717, 1.165) is 12.2 Å². The molecule has 0 fully saturated rings. The van der Waals surface area contributed by atoms with Crippen LogP contribution in [0.15, 0.2) is 16.9 Å². The summed E-state index contributed by atoms with van der Waals surface area (Å²) in [5.74, 6) is 0.650. The first-order valence-electron chi connectivity index (χ1n) is 4.33. The van der Waals surface area contributed by atoms with E-state index in [2.05, 4.69) is 31.2 Å².